The lowest BCUT2D eigenvalue weighted by Crippen LogP contribution is -2.50. The second-order valence-electron chi connectivity index (χ2n) is 11.0. The van der Waals surface area contributed by atoms with Crippen LogP contribution in [-0.4, -0.2) is 53.7 Å². The highest BCUT2D eigenvalue weighted by molar-refractivity contribution is 5.85. The van der Waals surface area contributed by atoms with Crippen molar-refractivity contribution in [3.8, 4) is 11.5 Å². The van der Waals surface area contributed by atoms with Crippen LogP contribution < -0.4 is 4.74 Å². The van der Waals surface area contributed by atoms with Gasteiger partial charge in [0.15, 0.2) is 0 Å². The molecule has 40 heavy (non-hydrogen) atoms. The third-order valence-electron chi connectivity index (χ3n) is 8.61. The normalized spacial score (nSPS) is 18.3. The number of phenolic OH excluding ortho intramolecular Hbond substituents is 1. The third-order valence-corrected chi connectivity index (χ3v) is 8.61. The maximum atomic E-state index is 13.6. The molecule has 0 radical (unpaired) electrons. The Balaban J connectivity index is 0.00000220. The highest BCUT2D eigenvalue weighted by atomic mass is 35.5. The van der Waals surface area contributed by atoms with Crippen LogP contribution in [0, 0.1) is 38.3 Å². The van der Waals surface area contributed by atoms with Gasteiger partial charge in [-0.05, 0) is 85.7 Å². The fourth-order valence-corrected chi connectivity index (χ4v) is 6.16. The zero-order chi connectivity index (χ0) is 27.0. The number of aromatic hydroxyl groups is 1. The van der Waals surface area contributed by atoms with Crippen molar-refractivity contribution < 1.29 is 18.6 Å². The van der Waals surface area contributed by atoms with E-state index in [-0.39, 0.29) is 48.6 Å². The van der Waals surface area contributed by atoms with Crippen molar-refractivity contribution in [1.82, 2.24) is 9.80 Å². The van der Waals surface area contributed by atoms with Gasteiger partial charge in [-0.3, -0.25) is 4.90 Å². The third kappa shape index (κ3) is 6.57. The zero-order valence-corrected chi connectivity index (χ0v) is 25.3. The molecule has 1 N–H and O–H groups in total. The summed E-state index contributed by atoms with van der Waals surface area (Å²) in [6.45, 7) is 12.8. The molecule has 5 rings (SSSR count). The van der Waals surface area contributed by atoms with Crippen LogP contribution in [0.3, 0.4) is 0 Å². The summed E-state index contributed by atoms with van der Waals surface area (Å²) in [6, 6.07) is 13.3. The molecule has 3 aromatic carbocycles. The van der Waals surface area contributed by atoms with Crippen LogP contribution in [0.15, 0.2) is 48.5 Å². The Bertz CT molecular complexity index is 1230. The first-order valence-corrected chi connectivity index (χ1v) is 13.7. The summed E-state index contributed by atoms with van der Waals surface area (Å²) in [5.74, 6) is 1.22. The van der Waals surface area contributed by atoms with Gasteiger partial charge in [-0.2, -0.15) is 0 Å². The summed E-state index contributed by atoms with van der Waals surface area (Å²) >= 11 is 0. The number of benzene rings is 3. The number of fused-ring (bicyclic) bond motifs is 1. The van der Waals surface area contributed by atoms with Gasteiger partial charge in [-0.15, -0.1) is 24.8 Å². The molecule has 2 atom stereocenters. The molecule has 1 fully saturated rings. The highest BCUT2D eigenvalue weighted by Gasteiger charge is 2.32. The van der Waals surface area contributed by atoms with Gasteiger partial charge in [-0.25, -0.2) is 8.78 Å². The fraction of sp³-hybridized carbons (Fsp3) is 0.438. The van der Waals surface area contributed by atoms with Crippen molar-refractivity contribution in [1.29, 1.82) is 0 Å². The van der Waals surface area contributed by atoms with Gasteiger partial charge in [0.2, 0.25) is 0 Å². The van der Waals surface area contributed by atoms with E-state index in [1.807, 2.05) is 45.0 Å². The number of rotatable bonds is 6. The SMILES string of the molecule is Cc1c(C)c2c(c(C)c1O)CCC(C(C)CN1CCN(C(c3ccc(F)cc3)c3ccc(F)cc3)CC1)O2.Cl.Cl. The van der Waals surface area contributed by atoms with Crippen molar-refractivity contribution in [2.24, 2.45) is 5.92 Å². The minimum Gasteiger partial charge on any atom is -0.507 e. The second-order valence-corrected chi connectivity index (χ2v) is 11.0. The van der Waals surface area contributed by atoms with Gasteiger partial charge >= 0.3 is 0 Å². The number of ether oxygens (including phenoxy) is 1. The van der Waals surface area contributed by atoms with E-state index in [2.05, 4.69) is 16.7 Å². The molecule has 2 unspecified atom stereocenters. The molecule has 2 aliphatic rings. The summed E-state index contributed by atoms with van der Waals surface area (Å²) in [5.41, 5.74) is 6.07. The van der Waals surface area contributed by atoms with Crippen molar-refractivity contribution in [2.45, 2.75) is 52.7 Å². The lowest BCUT2D eigenvalue weighted by Gasteiger charge is -2.41. The largest absolute Gasteiger partial charge is 0.507 e. The van der Waals surface area contributed by atoms with Crippen LogP contribution in [0.4, 0.5) is 8.78 Å². The number of nitrogens with zero attached hydrogens (tertiary/aromatic N) is 2. The lowest BCUT2D eigenvalue weighted by atomic mass is 9.88. The lowest BCUT2D eigenvalue weighted by molar-refractivity contribution is 0.0592. The van der Waals surface area contributed by atoms with E-state index in [1.54, 1.807) is 0 Å². The molecule has 0 aliphatic carbocycles. The molecule has 8 heteroatoms. The predicted molar refractivity (Wildman–Crippen MR) is 161 cm³/mol. The number of hydrogen-bond acceptors (Lipinski definition) is 4. The topological polar surface area (TPSA) is 35.9 Å². The Labute approximate surface area is 249 Å². The molecule has 0 aromatic heterocycles. The van der Waals surface area contributed by atoms with Gasteiger partial charge in [0, 0.05) is 44.2 Å². The second kappa shape index (κ2) is 13.5. The Kier molecular flexibility index (Phi) is 10.9. The van der Waals surface area contributed by atoms with Crippen LogP contribution >= 0.6 is 24.8 Å². The number of phenols is 1. The molecule has 0 spiro atoms. The Morgan fingerprint density at radius 3 is 1.88 bits per heavy atom. The molecule has 218 valence electrons. The first-order chi connectivity index (χ1) is 18.2. The van der Waals surface area contributed by atoms with E-state index < -0.39 is 0 Å². The highest BCUT2D eigenvalue weighted by Crippen LogP contribution is 2.42. The molecule has 0 amide bonds. The maximum absolute atomic E-state index is 13.6. The van der Waals surface area contributed by atoms with Crippen molar-refractivity contribution in [3.05, 3.63) is 93.5 Å². The molecular weight excluding hydrogens is 553 g/mol. The average molecular weight is 594 g/mol. The molecule has 4 nitrogen and oxygen atoms in total. The Morgan fingerprint density at radius 2 is 1.35 bits per heavy atom. The maximum Gasteiger partial charge on any atom is 0.126 e. The molecule has 0 bridgehead atoms. The summed E-state index contributed by atoms with van der Waals surface area (Å²) in [7, 11) is 0. The molecule has 2 heterocycles. The first-order valence-electron chi connectivity index (χ1n) is 13.7. The van der Waals surface area contributed by atoms with Gasteiger partial charge in [0.1, 0.15) is 29.2 Å². The van der Waals surface area contributed by atoms with E-state index in [9.17, 15) is 13.9 Å². The average Bonchev–Trinajstić information content (AvgIpc) is 2.93. The summed E-state index contributed by atoms with van der Waals surface area (Å²) in [6.07, 6.45) is 2.03. The van der Waals surface area contributed by atoms with Crippen LogP contribution in [0.2, 0.25) is 0 Å². The smallest absolute Gasteiger partial charge is 0.126 e. The van der Waals surface area contributed by atoms with E-state index in [1.165, 1.54) is 24.3 Å². The summed E-state index contributed by atoms with van der Waals surface area (Å²) in [5, 5.41) is 10.5. The number of halogens is 4. The van der Waals surface area contributed by atoms with Crippen LogP contribution in [0.5, 0.6) is 11.5 Å². The van der Waals surface area contributed by atoms with Crippen molar-refractivity contribution in [3.63, 3.8) is 0 Å². The minimum atomic E-state index is -0.254. The summed E-state index contributed by atoms with van der Waals surface area (Å²) in [4.78, 5) is 4.92. The molecule has 1 saturated heterocycles. The molecule has 0 saturated carbocycles. The predicted octanol–water partition coefficient (Wildman–Crippen LogP) is 7.18. The van der Waals surface area contributed by atoms with Gasteiger partial charge in [-0.1, -0.05) is 31.2 Å². The van der Waals surface area contributed by atoms with Crippen molar-refractivity contribution in [2.75, 3.05) is 32.7 Å². The van der Waals surface area contributed by atoms with Crippen LogP contribution in [0.25, 0.3) is 0 Å². The van der Waals surface area contributed by atoms with Crippen molar-refractivity contribution >= 4 is 24.8 Å². The standard InChI is InChI=1S/C32H38F2N2O2.2ClH/c1-20(29-14-13-28-23(4)31(37)21(2)22(3)32(28)38-29)19-35-15-17-36(18-16-35)30(24-5-9-26(33)10-6-24)25-7-11-27(34)12-8-25;;/h5-12,20,29-30,37H,13-19H2,1-4H3;2*1H. The Morgan fingerprint density at radius 1 is 0.825 bits per heavy atom. The summed E-state index contributed by atoms with van der Waals surface area (Å²) < 4.78 is 33.9. The molecule has 3 aromatic rings. The quantitative estimate of drug-likeness (QED) is 0.329. The van der Waals surface area contributed by atoms with E-state index in [4.69, 9.17) is 4.74 Å². The van der Waals surface area contributed by atoms with Gasteiger partial charge < -0.3 is 14.7 Å². The first kappa shape index (κ1) is 32.1. The van der Waals surface area contributed by atoms with Gasteiger partial charge in [0.25, 0.3) is 0 Å². The van der Waals surface area contributed by atoms with E-state index in [0.29, 0.717) is 11.7 Å². The number of hydrogen-bond donors (Lipinski definition) is 1. The van der Waals surface area contributed by atoms with Gasteiger partial charge in [0.05, 0.1) is 6.04 Å². The molecular formula is C32H40Cl2F2N2O2. The van der Waals surface area contributed by atoms with E-state index >= 15 is 0 Å². The van der Waals surface area contributed by atoms with Crippen LogP contribution in [0.1, 0.15) is 52.8 Å². The zero-order valence-electron chi connectivity index (χ0n) is 23.6. The fourth-order valence-electron chi connectivity index (χ4n) is 6.16. The Hall–Kier alpha value is -2.38. The number of piperazine rings is 1. The minimum absolute atomic E-state index is 0. The van der Waals surface area contributed by atoms with Crippen LogP contribution in [-0.2, 0) is 6.42 Å². The monoisotopic (exact) mass is 592 g/mol. The molecule has 2 aliphatic heterocycles. The van der Waals surface area contributed by atoms with E-state index in [0.717, 1.165) is 84.7 Å².